The summed E-state index contributed by atoms with van der Waals surface area (Å²) in [5.41, 5.74) is 2.00. The fourth-order valence-corrected chi connectivity index (χ4v) is 1.33. The zero-order valence-electron chi connectivity index (χ0n) is 8.90. The minimum atomic E-state index is 0.0584. The number of ketones is 1. The molecule has 0 heterocycles. The number of carbonyl (C=O) groups is 1. The summed E-state index contributed by atoms with van der Waals surface area (Å²) in [6, 6.07) is 7.61. The molecule has 3 heteroatoms. The first-order chi connectivity index (χ1) is 7.26. The number of aryl methyl sites for hydroxylation is 1. The van der Waals surface area contributed by atoms with Gasteiger partial charge < -0.3 is 9.84 Å². The van der Waals surface area contributed by atoms with E-state index in [9.17, 15) is 4.79 Å². The van der Waals surface area contributed by atoms with Gasteiger partial charge in [0.1, 0.15) is 6.61 Å². The predicted octanol–water partition coefficient (Wildman–Crippen LogP) is 1.33. The van der Waals surface area contributed by atoms with Gasteiger partial charge in [0.2, 0.25) is 0 Å². The van der Waals surface area contributed by atoms with Gasteiger partial charge in [-0.3, -0.25) is 4.79 Å². The maximum Gasteiger partial charge on any atom is 0.158 e. The molecule has 0 aliphatic rings. The van der Waals surface area contributed by atoms with E-state index in [1.807, 2.05) is 24.3 Å². The number of aliphatic hydroxyl groups excluding tert-OH is 1. The number of benzene rings is 1. The van der Waals surface area contributed by atoms with E-state index in [1.165, 1.54) is 7.11 Å². The van der Waals surface area contributed by atoms with Crippen LogP contribution in [0, 0.1) is 0 Å². The second-order valence-electron chi connectivity index (χ2n) is 3.45. The summed E-state index contributed by atoms with van der Waals surface area (Å²) in [5, 5.41) is 8.85. The highest BCUT2D eigenvalue weighted by Crippen LogP contribution is 2.07. The topological polar surface area (TPSA) is 46.5 Å². The lowest BCUT2D eigenvalue weighted by atomic mass is 10.1. The first-order valence-electron chi connectivity index (χ1n) is 4.95. The highest BCUT2D eigenvalue weighted by atomic mass is 16.5. The molecule has 0 fully saturated rings. The van der Waals surface area contributed by atoms with Crippen LogP contribution in [0.15, 0.2) is 24.3 Å². The summed E-state index contributed by atoms with van der Waals surface area (Å²) in [7, 11) is 1.52. The molecule has 1 rings (SSSR count). The Labute approximate surface area is 89.7 Å². The van der Waals surface area contributed by atoms with Gasteiger partial charge in [0.25, 0.3) is 0 Å². The second-order valence-corrected chi connectivity index (χ2v) is 3.45. The van der Waals surface area contributed by atoms with Crippen molar-refractivity contribution in [1.82, 2.24) is 0 Å². The number of carbonyl (C=O) groups excluding carboxylic acids is 1. The molecule has 1 N–H and O–H groups in total. The zero-order chi connectivity index (χ0) is 11.1. The van der Waals surface area contributed by atoms with Crippen LogP contribution in [0.1, 0.15) is 17.5 Å². The molecule has 0 saturated carbocycles. The van der Waals surface area contributed by atoms with Crippen LogP contribution in [0.4, 0.5) is 0 Å². The molecule has 1 aromatic rings. The summed E-state index contributed by atoms with van der Waals surface area (Å²) in [4.78, 5) is 11.2. The second kappa shape index (κ2) is 6.32. The van der Waals surface area contributed by atoms with E-state index in [1.54, 1.807) is 0 Å². The lowest BCUT2D eigenvalue weighted by Crippen LogP contribution is -2.07. The number of rotatable bonds is 6. The van der Waals surface area contributed by atoms with Crippen LogP contribution in [-0.2, 0) is 22.6 Å². The molecule has 0 bridgehead atoms. The standard InChI is InChI=1S/C12H16O3/c1-15-9-12(14)7-6-10-2-4-11(8-13)5-3-10/h2-5,13H,6-9H2,1H3. The quantitative estimate of drug-likeness (QED) is 0.767. The molecule has 3 nitrogen and oxygen atoms in total. The molecular weight excluding hydrogens is 192 g/mol. The summed E-state index contributed by atoms with van der Waals surface area (Å²) in [6.07, 6.45) is 1.24. The van der Waals surface area contributed by atoms with Crippen molar-refractivity contribution in [2.75, 3.05) is 13.7 Å². The molecular formula is C12H16O3. The molecule has 0 aromatic heterocycles. The lowest BCUT2D eigenvalue weighted by molar-refractivity contribution is -0.122. The van der Waals surface area contributed by atoms with Crippen LogP contribution in [0.3, 0.4) is 0 Å². The SMILES string of the molecule is COCC(=O)CCc1ccc(CO)cc1. The number of ether oxygens (including phenoxy) is 1. The molecule has 0 amide bonds. The third-order valence-electron chi connectivity index (χ3n) is 2.20. The largest absolute Gasteiger partial charge is 0.392 e. The predicted molar refractivity (Wildman–Crippen MR) is 57.6 cm³/mol. The van der Waals surface area contributed by atoms with Gasteiger partial charge in [-0.05, 0) is 17.5 Å². The molecule has 0 aliphatic heterocycles. The Bertz CT molecular complexity index is 303. The maximum atomic E-state index is 11.2. The van der Waals surface area contributed by atoms with E-state index in [0.29, 0.717) is 6.42 Å². The molecule has 0 aliphatic carbocycles. The molecule has 15 heavy (non-hydrogen) atoms. The third-order valence-corrected chi connectivity index (χ3v) is 2.20. The van der Waals surface area contributed by atoms with Crippen molar-refractivity contribution in [3.8, 4) is 0 Å². The minimum absolute atomic E-state index is 0.0584. The average Bonchev–Trinajstić information content (AvgIpc) is 2.27. The Morgan fingerprint density at radius 3 is 2.40 bits per heavy atom. The summed E-state index contributed by atoms with van der Waals surface area (Å²) >= 11 is 0. The van der Waals surface area contributed by atoms with Crippen molar-refractivity contribution in [1.29, 1.82) is 0 Å². The molecule has 0 atom stereocenters. The maximum absolute atomic E-state index is 11.2. The Balaban J connectivity index is 2.40. The molecule has 1 aromatic carbocycles. The Kier molecular flexibility index (Phi) is 5.01. The number of hydrogen-bond acceptors (Lipinski definition) is 3. The van der Waals surface area contributed by atoms with Crippen molar-refractivity contribution >= 4 is 5.78 Å². The Morgan fingerprint density at radius 2 is 1.87 bits per heavy atom. The van der Waals surface area contributed by atoms with Gasteiger partial charge in [0, 0.05) is 13.5 Å². The van der Waals surface area contributed by atoms with Crippen LogP contribution < -0.4 is 0 Å². The van der Waals surface area contributed by atoms with Crippen molar-refractivity contribution in [2.24, 2.45) is 0 Å². The highest BCUT2D eigenvalue weighted by Gasteiger charge is 2.01. The molecule has 82 valence electrons. The van der Waals surface area contributed by atoms with E-state index in [-0.39, 0.29) is 19.0 Å². The molecule has 0 unspecified atom stereocenters. The van der Waals surface area contributed by atoms with E-state index in [0.717, 1.165) is 17.5 Å². The zero-order valence-corrected chi connectivity index (χ0v) is 8.90. The van der Waals surface area contributed by atoms with Crippen LogP contribution >= 0.6 is 0 Å². The van der Waals surface area contributed by atoms with Crippen molar-refractivity contribution in [3.63, 3.8) is 0 Å². The van der Waals surface area contributed by atoms with Crippen LogP contribution in [0.2, 0.25) is 0 Å². The van der Waals surface area contributed by atoms with Gasteiger partial charge >= 0.3 is 0 Å². The van der Waals surface area contributed by atoms with Gasteiger partial charge in [0.05, 0.1) is 6.61 Å². The third kappa shape index (κ3) is 4.23. The smallest absolute Gasteiger partial charge is 0.158 e. The normalized spacial score (nSPS) is 10.3. The van der Waals surface area contributed by atoms with Crippen molar-refractivity contribution < 1.29 is 14.6 Å². The monoisotopic (exact) mass is 208 g/mol. The fraction of sp³-hybridized carbons (Fsp3) is 0.417. The van der Waals surface area contributed by atoms with Gasteiger partial charge in [-0.25, -0.2) is 0 Å². The fourth-order valence-electron chi connectivity index (χ4n) is 1.33. The minimum Gasteiger partial charge on any atom is -0.392 e. The van der Waals surface area contributed by atoms with Crippen LogP contribution in [0.25, 0.3) is 0 Å². The average molecular weight is 208 g/mol. The van der Waals surface area contributed by atoms with Crippen molar-refractivity contribution in [3.05, 3.63) is 35.4 Å². The van der Waals surface area contributed by atoms with E-state index >= 15 is 0 Å². The Hall–Kier alpha value is -1.19. The summed E-state index contributed by atoms with van der Waals surface area (Å²) < 4.78 is 4.75. The Morgan fingerprint density at radius 1 is 1.27 bits per heavy atom. The van der Waals surface area contributed by atoms with Crippen molar-refractivity contribution in [2.45, 2.75) is 19.4 Å². The first-order valence-corrected chi connectivity index (χ1v) is 4.95. The summed E-state index contributed by atoms with van der Waals surface area (Å²) in [5.74, 6) is 0.115. The number of aliphatic hydroxyl groups is 1. The molecule has 0 radical (unpaired) electrons. The number of methoxy groups -OCH3 is 1. The lowest BCUT2D eigenvalue weighted by Gasteiger charge is -2.02. The molecule has 0 saturated heterocycles. The number of Topliss-reactive ketones (excluding diaryl/α,β-unsaturated/α-hetero) is 1. The van der Waals surface area contributed by atoms with E-state index in [2.05, 4.69) is 0 Å². The summed E-state index contributed by atoms with van der Waals surface area (Å²) in [6.45, 7) is 0.248. The van der Waals surface area contributed by atoms with Gasteiger partial charge in [-0.15, -0.1) is 0 Å². The first kappa shape index (κ1) is 11.9. The number of hydrogen-bond donors (Lipinski definition) is 1. The van der Waals surface area contributed by atoms with Gasteiger partial charge in [-0.2, -0.15) is 0 Å². The van der Waals surface area contributed by atoms with Gasteiger partial charge in [-0.1, -0.05) is 24.3 Å². The van der Waals surface area contributed by atoms with E-state index < -0.39 is 0 Å². The van der Waals surface area contributed by atoms with Crippen LogP contribution in [-0.4, -0.2) is 24.6 Å². The van der Waals surface area contributed by atoms with E-state index in [4.69, 9.17) is 9.84 Å². The van der Waals surface area contributed by atoms with Gasteiger partial charge in [0.15, 0.2) is 5.78 Å². The molecule has 0 spiro atoms. The highest BCUT2D eigenvalue weighted by molar-refractivity contribution is 5.79. The van der Waals surface area contributed by atoms with Crippen LogP contribution in [0.5, 0.6) is 0 Å².